The molecule has 1 unspecified atom stereocenters. The molecule has 2 N–H and O–H groups in total. The summed E-state index contributed by atoms with van der Waals surface area (Å²) in [6, 6.07) is 4.18. The van der Waals surface area contributed by atoms with Crippen molar-refractivity contribution in [3.63, 3.8) is 0 Å². The Morgan fingerprint density at radius 1 is 1.20 bits per heavy atom. The van der Waals surface area contributed by atoms with Crippen LogP contribution in [0.2, 0.25) is 10.0 Å². The fraction of sp³-hybridized carbons (Fsp3) is 0.455. The third kappa shape index (κ3) is 2.16. The number of benzene rings is 1. The van der Waals surface area contributed by atoms with Crippen molar-refractivity contribution in [3.05, 3.63) is 22.2 Å². The summed E-state index contributed by atoms with van der Waals surface area (Å²) >= 11 is 11.9. The molecule has 1 atom stereocenters. The summed E-state index contributed by atoms with van der Waals surface area (Å²) < 4.78 is 0. The lowest BCUT2D eigenvalue weighted by Gasteiger charge is -2.31. The van der Waals surface area contributed by atoms with Crippen molar-refractivity contribution in [2.24, 2.45) is 5.92 Å². The van der Waals surface area contributed by atoms with Crippen LogP contribution in [0.25, 0.3) is 0 Å². The second kappa shape index (κ2) is 4.11. The van der Waals surface area contributed by atoms with E-state index in [0.717, 1.165) is 17.9 Å². The Morgan fingerprint density at radius 3 is 2.40 bits per heavy atom. The highest BCUT2D eigenvalue weighted by molar-refractivity contribution is 6.42. The molecular weight excluding hydrogens is 231 g/mol. The largest absolute Gasteiger partial charge is 0.381 e. The zero-order chi connectivity index (χ0) is 11.0. The van der Waals surface area contributed by atoms with E-state index < -0.39 is 0 Å². The minimum absolute atomic E-state index is 0.440. The summed E-state index contributed by atoms with van der Waals surface area (Å²) in [6.45, 7) is 5.31. The highest BCUT2D eigenvalue weighted by atomic mass is 35.5. The van der Waals surface area contributed by atoms with Gasteiger partial charge >= 0.3 is 0 Å². The van der Waals surface area contributed by atoms with Gasteiger partial charge < -0.3 is 10.6 Å². The first-order valence-corrected chi connectivity index (χ1v) is 5.83. The summed E-state index contributed by atoms with van der Waals surface area (Å²) in [4.78, 5) is 0. The number of halogens is 2. The molecule has 1 aliphatic heterocycles. The van der Waals surface area contributed by atoms with Crippen LogP contribution < -0.4 is 10.6 Å². The molecule has 0 aliphatic carbocycles. The van der Waals surface area contributed by atoms with Gasteiger partial charge in [-0.2, -0.15) is 0 Å². The minimum atomic E-state index is 0.440. The van der Waals surface area contributed by atoms with Gasteiger partial charge in [-0.15, -0.1) is 0 Å². The number of rotatable bonds is 1. The highest BCUT2D eigenvalue weighted by Crippen LogP contribution is 2.35. The van der Waals surface area contributed by atoms with E-state index in [1.165, 1.54) is 0 Å². The maximum atomic E-state index is 5.97. The van der Waals surface area contributed by atoms with E-state index in [9.17, 15) is 0 Å². The Bertz CT molecular complexity index is 377. The number of fused-ring (bicyclic) bond motifs is 1. The molecule has 0 fully saturated rings. The van der Waals surface area contributed by atoms with E-state index in [1.54, 1.807) is 0 Å². The minimum Gasteiger partial charge on any atom is -0.381 e. The van der Waals surface area contributed by atoms with Gasteiger partial charge in [0.25, 0.3) is 0 Å². The van der Waals surface area contributed by atoms with Crippen LogP contribution in [0, 0.1) is 5.92 Å². The maximum absolute atomic E-state index is 5.97. The first kappa shape index (κ1) is 10.9. The molecule has 0 spiro atoms. The lowest BCUT2D eigenvalue weighted by atomic mass is 10.0. The Kier molecular flexibility index (Phi) is 2.98. The third-order valence-electron chi connectivity index (χ3n) is 2.72. The van der Waals surface area contributed by atoms with Crippen molar-refractivity contribution in [2.45, 2.75) is 19.9 Å². The molecule has 15 heavy (non-hydrogen) atoms. The Hall–Kier alpha value is -0.600. The summed E-state index contributed by atoms with van der Waals surface area (Å²) in [5.41, 5.74) is 2.07. The normalized spacial score (nSPS) is 19.4. The quantitative estimate of drug-likeness (QED) is 0.785. The average molecular weight is 245 g/mol. The van der Waals surface area contributed by atoms with Crippen LogP contribution in [0.15, 0.2) is 12.1 Å². The van der Waals surface area contributed by atoms with Crippen molar-refractivity contribution >= 4 is 34.6 Å². The Morgan fingerprint density at radius 2 is 1.80 bits per heavy atom. The van der Waals surface area contributed by atoms with E-state index in [1.807, 2.05) is 12.1 Å². The molecular formula is C11H14Cl2N2. The third-order valence-corrected chi connectivity index (χ3v) is 3.44. The molecule has 2 nitrogen and oxygen atoms in total. The molecule has 0 amide bonds. The zero-order valence-electron chi connectivity index (χ0n) is 8.77. The molecule has 4 heteroatoms. The summed E-state index contributed by atoms with van der Waals surface area (Å²) in [6.07, 6.45) is 0. The fourth-order valence-corrected chi connectivity index (χ4v) is 2.01. The number of nitrogens with one attached hydrogen (secondary N) is 2. The zero-order valence-corrected chi connectivity index (χ0v) is 10.3. The topological polar surface area (TPSA) is 24.1 Å². The molecule has 82 valence electrons. The van der Waals surface area contributed by atoms with Crippen LogP contribution in [0.4, 0.5) is 11.4 Å². The smallest absolute Gasteiger partial charge is 0.0614 e. The van der Waals surface area contributed by atoms with Crippen molar-refractivity contribution in [1.29, 1.82) is 0 Å². The molecule has 0 radical (unpaired) electrons. The first-order chi connectivity index (χ1) is 7.08. The van der Waals surface area contributed by atoms with Crippen LogP contribution in [0.1, 0.15) is 13.8 Å². The van der Waals surface area contributed by atoms with Crippen LogP contribution in [0.5, 0.6) is 0 Å². The van der Waals surface area contributed by atoms with E-state index in [-0.39, 0.29) is 0 Å². The van der Waals surface area contributed by atoms with Crippen LogP contribution >= 0.6 is 23.2 Å². The van der Waals surface area contributed by atoms with Gasteiger partial charge in [-0.1, -0.05) is 37.0 Å². The van der Waals surface area contributed by atoms with Gasteiger partial charge in [0.05, 0.1) is 21.4 Å². The number of hydrogen-bond acceptors (Lipinski definition) is 2. The molecule has 0 saturated heterocycles. The Balaban J connectivity index is 2.30. The molecule has 0 bridgehead atoms. The van der Waals surface area contributed by atoms with E-state index >= 15 is 0 Å². The van der Waals surface area contributed by atoms with Gasteiger partial charge in [0.2, 0.25) is 0 Å². The van der Waals surface area contributed by atoms with Crippen LogP contribution in [-0.4, -0.2) is 12.6 Å². The molecule has 0 saturated carbocycles. The lowest BCUT2D eigenvalue weighted by molar-refractivity contribution is 0.536. The first-order valence-electron chi connectivity index (χ1n) is 5.07. The van der Waals surface area contributed by atoms with Gasteiger partial charge in [0, 0.05) is 12.6 Å². The predicted molar refractivity (Wildman–Crippen MR) is 67.2 cm³/mol. The van der Waals surface area contributed by atoms with Crippen molar-refractivity contribution in [3.8, 4) is 0 Å². The molecule has 1 aromatic rings. The highest BCUT2D eigenvalue weighted by Gasteiger charge is 2.20. The molecule has 1 heterocycles. The monoisotopic (exact) mass is 244 g/mol. The summed E-state index contributed by atoms with van der Waals surface area (Å²) in [5, 5.41) is 8.00. The van der Waals surface area contributed by atoms with E-state index in [0.29, 0.717) is 22.0 Å². The molecule has 1 aromatic carbocycles. The SMILES string of the molecule is CC(C)C1CNc2cc(Cl)c(Cl)cc2N1. The van der Waals surface area contributed by atoms with E-state index in [4.69, 9.17) is 23.2 Å². The van der Waals surface area contributed by atoms with Gasteiger partial charge in [-0.05, 0) is 18.1 Å². The predicted octanol–water partition coefficient (Wildman–Crippen LogP) is 3.86. The van der Waals surface area contributed by atoms with Crippen LogP contribution in [0.3, 0.4) is 0 Å². The summed E-state index contributed by atoms with van der Waals surface area (Å²) in [7, 11) is 0. The molecule has 1 aliphatic rings. The summed E-state index contributed by atoms with van der Waals surface area (Å²) in [5.74, 6) is 0.583. The van der Waals surface area contributed by atoms with Crippen LogP contribution in [-0.2, 0) is 0 Å². The fourth-order valence-electron chi connectivity index (χ4n) is 1.69. The van der Waals surface area contributed by atoms with Crippen molar-refractivity contribution < 1.29 is 0 Å². The van der Waals surface area contributed by atoms with Crippen molar-refractivity contribution in [1.82, 2.24) is 0 Å². The van der Waals surface area contributed by atoms with Gasteiger partial charge in [-0.3, -0.25) is 0 Å². The molecule has 0 aromatic heterocycles. The van der Waals surface area contributed by atoms with Gasteiger partial charge in [0.1, 0.15) is 0 Å². The second-order valence-corrected chi connectivity index (χ2v) is 5.00. The Labute approximate surface area is 100.0 Å². The lowest BCUT2D eigenvalue weighted by Crippen LogP contribution is -2.36. The van der Waals surface area contributed by atoms with Crippen molar-refractivity contribution in [2.75, 3.05) is 17.2 Å². The molecule has 2 rings (SSSR count). The average Bonchev–Trinajstić information content (AvgIpc) is 2.19. The standard InChI is InChI=1S/C11H14Cl2N2/c1-6(2)11-5-14-9-3-7(12)8(13)4-10(9)15-11/h3-4,6,11,14-15H,5H2,1-2H3. The maximum Gasteiger partial charge on any atom is 0.0614 e. The van der Waals surface area contributed by atoms with Gasteiger partial charge in [0.15, 0.2) is 0 Å². The van der Waals surface area contributed by atoms with E-state index in [2.05, 4.69) is 24.5 Å². The number of hydrogen-bond donors (Lipinski definition) is 2. The number of anilines is 2. The van der Waals surface area contributed by atoms with Gasteiger partial charge in [-0.25, -0.2) is 0 Å². The second-order valence-electron chi connectivity index (χ2n) is 4.19.